The number of rotatable bonds is 18. The predicted octanol–water partition coefficient (Wildman–Crippen LogP) is 2.69. The number of amides is 1. The Balaban J connectivity index is 3.80. The summed E-state index contributed by atoms with van der Waals surface area (Å²) in [4.78, 5) is 32.5. The van der Waals surface area contributed by atoms with Crippen LogP contribution < -0.4 is 5.32 Å². The van der Waals surface area contributed by atoms with Gasteiger partial charge in [-0.05, 0) is 12.8 Å². The van der Waals surface area contributed by atoms with Gasteiger partial charge in [-0.1, -0.05) is 46.0 Å². The zero-order valence-corrected chi connectivity index (χ0v) is 18.0. The minimum Gasteiger partial charge on any atom is -0.463 e. The quantitative estimate of drug-likeness (QED) is 0.174. The first-order chi connectivity index (χ1) is 13.3. The van der Waals surface area contributed by atoms with Crippen molar-refractivity contribution in [2.24, 2.45) is 0 Å². The van der Waals surface area contributed by atoms with Crippen molar-refractivity contribution in [3.8, 4) is 0 Å². The lowest BCUT2D eigenvalue weighted by atomic mass is 10.2. The first-order valence-corrected chi connectivity index (χ1v) is 11.5. The van der Waals surface area contributed by atoms with Crippen molar-refractivity contribution in [3.05, 3.63) is 0 Å². The monoisotopic (exact) mass is 425 g/mol. The van der Waals surface area contributed by atoms with E-state index in [0.29, 0.717) is 6.42 Å². The summed E-state index contributed by atoms with van der Waals surface area (Å²) in [6, 6.07) is 0. The van der Waals surface area contributed by atoms with Crippen molar-refractivity contribution in [2.75, 3.05) is 26.4 Å². The second-order valence-corrected chi connectivity index (χ2v) is 8.01. The molecule has 0 radical (unpaired) electrons. The van der Waals surface area contributed by atoms with Crippen LogP contribution in [0.25, 0.3) is 0 Å². The molecule has 0 spiro atoms. The lowest BCUT2D eigenvalue weighted by Gasteiger charge is -2.15. The molecule has 166 valence electrons. The molecule has 0 aromatic rings. The number of ether oxygens (including phenoxy) is 1. The lowest BCUT2D eigenvalue weighted by molar-refractivity contribution is -0.147. The second-order valence-electron chi connectivity index (χ2n) is 6.55. The van der Waals surface area contributed by atoms with E-state index in [1.165, 1.54) is 0 Å². The molecule has 0 aromatic carbocycles. The zero-order chi connectivity index (χ0) is 21.3. The van der Waals surface area contributed by atoms with E-state index in [1.807, 2.05) is 6.92 Å². The summed E-state index contributed by atoms with van der Waals surface area (Å²) in [6.45, 7) is 3.16. The van der Waals surface area contributed by atoms with Gasteiger partial charge in [-0.2, -0.15) is 0 Å². The summed E-state index contributed by atoms with van der Waals surface area (Å²) < 4.78 is 26.0. The van der Waals surface area contributed by atoms with Gasteiger partial charge in [-0.3, -0.25) is 18.6 Å². The van der Waals surface area contributed by atoms with E-state index in [-0.39, 0.29) is 32.1 Å². The van der Waals surface area contributed by atoms with Gasteiger partial charge in [0.05, 0.1) is 13.2 Å². The number of nitrogens with one attached hydrogen (secondary N) is 1. The molecule has 0 bridgehead atoms. The summed E-state index contributed by atoms with van der Waals surface area (Å²) in [5.41, 5.74) is 0. The Morgan fingerprint density at radius 3 is 2.29 bits per heavy atom. The molecule has 0 aliphatic carbocycles. The van der Waals surface area contributed by atoms with Crippen LogP contribution in [0, 0.1) is 0 Å². The highest BCUT2D eigenvalue weighted by atomic mass is 31.2. The van der Waals surface area contributed by atoms with Gasteiger partial charge >= 0.3 is 13.8 Å². The average molecular weight is 425 g/mol. The van der Waals surface area contributed by atoms with Crippen LogP contribution in [0.2, 0.25) is 0 Å². The first-order valence-electron chi connectivity index (χ1n) is 10.0. The molecule has 2 unspecified atom stereocenters. The largest absolute Gasteiger partial charge is 0.472 e. The fourth-order valence-electron chi connectivity index (χ4n) is 2.20. The number of carbonyl (C=O) groups is 2. The maximum absolute atomic E-state index is 11.7. The molecular formula is C18H36NO8P. The van der Waals surface area contributed by atoms with Crippen LogP contribution in [0.4, 0.5) is 0 Å². The van der Waals surface area contributed by atoms with E-state index in [2.05, 4.69) is 16.8 Å². The molecule has 0 aliphatic rings. The Morgan fingerprint density at radius 1 is 0.964 bits per heavy atom. The van der Waals surface area contributed by atoms with E-state index in [1.54, 1.807) is 0 Å². The normalized spacial score (nSPS) is 14.3. The average Bonchev–Trinajstić information content (AvgIpc) is 2.66. The summed E-state index contributed by atoms with van der Waals surface area (Å²) in [5, 5.41) is 12.2. The van der Waals surface area contributed by atoms with Gasteiger partial charge in [-0.25, -0.2) is 4.57 Å². The van der Waals surface area contributed by atoms with Gasteiger partial charge in [0.25, 0.3) is 0 Å². The number of phosphoric ester groups is 1. The molecule has 28 heavy (non-hydrogen) atoms. The van der Waals surface area contributed by atoms with Crippen LogP contribution in [-0.4, -0.2) is 54.3 Å². The third-order valence-electron chi connectivity index (χ3n) is 3.79. The summed E-state index contributed by atoms with van der Waals surface area (Å²) in [7, 11) is -4.36. The van der Waals surface area contributed by atoms with E-state index in [0.717, 1.165) is 44.9 Å². The second kappa shape index (κ2) is 16.9. The molecule has 9 nitrogen and oxygen atoms in total. The fourth-order valence-corrected chi connectivity index (χ4v) is 2.96. The third kappa shape index (κ3) is 17.1. The van der Waals surface area contributed by atoms with E-state index >= 15 is 0 Å². The Bertz CT molecular complexity index is 475. The smallest absolute Gasteiger partial charge is 0.463 e. The minimum atomic E-state index is -4.36. The topological polar surface area (TPSA) is 131 Å². The predicted molar refractivity (Wildman–Crippen MR) is 105 cm³/mol. The van der Waals surface area contributed by atoms with Crippen molar-refractivity contribution < 1.29 is 37.9 Å². The lowest BCUT2D eigenvalue weighted by Crippen LogP contribution is -2.27. The number of hydrogen-bond acceptors (Lipinski definition) is 7. The number of aliphatic hydroxyl groups excluding tert-OH is 1. The van der Waals surface area contributed by atoms with Gasteiger partial charge in [0, 0.05) is 19.4 Å². The summed E-state index contributed by atoms with van der Waals surface area (Å²) in [5.74, 6) is -0.564. The van der Waals surface area contributed by atoms with Crippen LogP contribution in [0.3, 0.4) is 0 Å². The maximum atomic E-state index is 11.7. The Hall–Kier alpha value is -0.990. The van der Waals surface area contributed by atoms with Crippen LogP contribution in [0.1, 0.15) is 71.6 Å². The molecule has 0 aromatic heterocycles. The fraction of sp³-hybridized carbons (Fsp3) is 0.889. The third-order valence-corrected chi connectivity index (χ3v) is 4.77. The standard InChI is InChI=1S/C18H36NO8P/c1-3-5-7-9-11-18(22)25-14-16(20)15-27-28(23,24)26-13-12-19-17(21)10-8-6-4-2/h16,20H,3-15H2,1-2H3,(H,19,21)(H,23,24). The van der Waals surface area contributed by atoms with E-state index in [4.69, 9.17) is 9.26 Å². The number of phosphoric acid groups is 1. The maximum Gasteiger partial charge on any atom is 0.472 e. The van der Waals surface area contributed by atoms with Crippen LogP contribution >= 0.6 is 7.82 Å². The number of hydrogen-bond donors (Lipinski definition) is 3. The van der Waals surface area contributed by atoms with Crippen molar-refractivity contribution in [2.45, 2.75) is 77.7 Å². The summed E-state index contributed by atoms with van der Waals surface area (Å²) in [6.07, 6.45) is 6.04. The van der Waals surface area contributed by atoms with Crippen LogP contribution in [-0.2, 0) is 27.9 Å². The van der Waals surface area contributed by atoms with Crippen molar-refractivity contribution in [3.63, 3.8) is 0 Å². The van der Waals surface area contributed by atoms with Crippen molar-refractivity contribution >= 4 is 19.7 Å². The number of unbranched alkanes of at least 4 members (excludes halogenated alkanes) is 5. The summed E-state index contributed by atoms with van der Waals surface area (Å²) >= 11 is 0. The Labute approximate surface area is 167 Å². The SMILES string of the molecule is CCCCCCC(=O)OCC(O)COP(=O)(O)OCCNC(=O)CCCCC. The molecule has 0 saturated carbocycles. The van der Waals surface area contributed by atoms with Gasteiger partial charge in [0.1, 0.15) is 12.7 Å². The molecule has 0 aliphatic heterocycles. The highest BCUT2D eigenvalue weighted by Crippen LogP contribution is 2.42. The molecular weight excluding hydrogens is 389 g/mol. The highest BCUT2D eigenvalue weighted by Gasteiger charge is 2.23. The number of aliphatic hydroxyl groups is 1. The highest BCUT2D eigenvalue weighted by molar-refractivity contribution is 7.47. The van der Waals surface area contributed by atoms with Gasteiger partial charge < -0.3 is 20.1 Å². The Kier molecular flexibility index (Phi) is 16.3. The molecule has 10 heteroatoms. The zero-order valence-electron chi connectivity index (χ0n) is 17.1. The first kappa shape index (κ1) is 27.0. The van der Waals surface area contributed by atoms with E-state index in [9.17, 15) is 24.2 Å². The molecule has 3 N–H and O–H groups in total. The Morgan fingerprint density at radius 2 is 1.61 bits per heavy atom. The molecule has 0 fully saturated rings. The number of carbonyl (C=O) groups excluding carboxylic acids is 2. The van der Waals surface area contributed by atoms with Crippen LogP contribution in [0.15, 0.2) is 0 Å². The van der Waals surface area contributed by atoms with Gasteiger partial charge in [0.15, 0.2) is 0 Å². The number of esters is 1. The van der Waals surface area contributed by atoms with Crippen molar-refractivity contribution in [1.29, 1.82) is 0 Å². The molecule has 0 heterocycles. The molecule has 0 rings (SSSR count). The van der Waals surface area contributed by atoms with E-state index < -0.39 is 26.5 Å². The molecule has 1 amide bonds. The minimum absolute atomic E-state index is 0.0804. The van der Waals surface area contributed by atoms with Gasteiger partial charge in [-0.15, -0.1) is 0 Å². The molecule has 2 atom stereocenters. The molecule has 0 saturated heterocycles. The van der Waals surface area contributed by atoms with Crippen LogP contribution in [0.5, 0.6) is 0 Å². The van der Waals surface area contributed by atoms with Gasteiger partial charge in [0.2, 0.25) is 5.91 Å². The van der Waals surface area contributed by atoms with Crippen molar-refractivity contribution in [1.82, 2.24) is 5.32 Å².